The third-order valence-electron chi connectivity index (χ3n) is 3.71. The van der Waals surface area contributed by atoms with Crippen LogP contribution in [0.15, 0.2) is 24.3 Å². The molecule has 2 N–H and O–H groups in total. The molecule has 0 saturated heterocycles. The van der Waals surface area contributed by atoms with Crippen molar-refractivity contribution in [3.8, 4) is 5.75 Å². The summed E-state index contributed by atoms with van der Waals surface area (Å²) < 4.78 is 5.65. The van der Waals surface area contributed by atoms with E-state index in [0.29, 0.717) is 19.1 Å². The highest BCUT2D eigenvalue weighted by Crippen LogP contribution is 2.24. The molecule has 1 aliphatic rings. The van der Waals surface area contributed by atoms with Gasteiger partial charge in [-0.15, -0.1) is 0 Å². The fourth-order valence-electron chi connectivity index (χ4n) is 2.16. The first-order valence-corrected chi connectivity index (χ1v) is 7.58. The van der Waals surface area contributed by atoms with Crippen molar-refractivity contribution in [2.24, 2.45) is 0 Å². The van der Waals surface area contributed by atoms with Gasteiger partial charge >= 0.3 is 5.97 Å². The van der Waals surface area contributed by atoms with Gasteiger partial charge in [-0.1, -0.05) is 32.9 Å². The molecular weight excluding hydrogens is 266 g/mol. The second-order valence-corrected chi connectivity index (χ2v) is 6.74. The van der Waals surface area contributed by atoms with Crippen molar-refractivity contribution < 1.29 is 14.6 Å². The van der Waals surface area contributed by atoms with Crippen LogP contribution in [0.25, 0.3) is 0 Å². The fraction of sp³-hybridized carbons (Fsp3) is 0.588. The molecule has 0 spiro atoms. The minimum atomic E-state index is -0.798. The lowest BCUT2D eigenvalue weighted by molar-refractivity contribution is -0.139. The molecule has 1 fully saturated rings. The Morgan fingerprint density at radius 3 is 2.43 bits per heavy atom. The molecule has 4 heteroatoms. The maximum atomic E-state index is 11.1. The number of ether oxygens (including phenoxy) is 1. The molecule has 1 aliphatic carbocycles. The molecule has 0 heterocycles. The van der Waals surface area contributed by atoms with Crippen molar-refractivity contribution in [3.05, 3.63) is 29.8 Å². The quantitative estimate of drug-likeness (QED) is 0.811. The van der Waals surface area contributed by atoms with Gasteiger partial charge in [-0.05, 0) is 36.0 Å². The summed E-state index contributed by atoms with van der Waals surface area (Å²) >= 11 is 0. The van der Waals surface area contributed by atoms with Gasteiger partial charge in [-0.3, -0.25) is 4.79 Å². The van der Waals surface area contributed by atoms with Crippen LogP contribution in [-0.4, -0.2) is 29.8 Å². The lowest BCUT2D eigenvalue weighted by atomic mass is 9.87. The van der Waals surface area contributed by atoms with E-state index in [1.54, 1.807) is 0 Å². The first-order chi connectivity index (χ1) is 9.86. The van der Waals surface area contributed by atoms with Gasteiger partial charge in [-0.25, -0.2) is 0 Å². The van der Waals surface area contributed by atoms with Gasteiger partial charge in [0.2, 0.25) is 0 Å². The van der Waals surface area contributed by atoms with Crippen LogP contribution in [0.3, 0.4) is 0 Å². The van der Waals surface area contributed by atoms with Crippen LogP contribution in [0, 0.1) is 0 Å². The van der Waals surface area contributed by atoms with E-state index in [4.69, 9.17) is 9.84 Å². The topological polar surface area (TPSA) is 58.6 Å². The van der Waals surface area contributed by atoms with Crippen molar-refractivity contribution in [2.45, 2.75) is 57.5 Å². The lowest BCUT2D eigenvalue weighted by Crippen LogP contribution is -2.39. The maximum absolute atomic E-state index is 11.1. The summed E-state index contributed by atoms with van der Waals surface area (Å²) in [6, 6.07) is 7.90. The zero-order valence-corrected chi connectivity index (χ0v) is 13.1. The summed E-state index contributed by atoms with van der Waals surface area (Å²) in [5.74, 6) is -0.00728. The third kappa shape index (κ3) is 5.05. The molecule has 4 nitrogen and oxygen atoms in total. The fourth-order valence-corrected chi connectivity index (χ4v) is 2.16. The summed E-state index contributed by atoms with van der Waals surface area (Å²) in [4.78, 5) is 11.1. The van der Waals surface area contributed by atoms with Gasteiger partial charge in [0.1, 0.15) is 11.8 Å². The molecule has 1 unspecified atom stereocenters. The van der Waals surface area contributed by atoms with Crippen molar-refractivity contribution in [3.63, 3.8) is 0 Å². The van der Waals surface area contributed by atoms with E-state index in [1.165, 1.54) is 5.56 Å². The molecule has 116 valence electrons. The Labute approximate surface area is 126 Å². The van der Waals surface area contributed by atoms with Crippen LogP contribution in [0.4, 0.5) is 0 Å². The van der Waals surface area contributed by atoms with Crippen molar-refractivity contribution in [1.29, 1.82) is 0 Å². The highest BCUT2D eigenvalue weighted by molar-refractivity contribution is 5.73. The second-order valence-electron chi connectivity index (χ2n) is 6.74. The smallest absolute Gasteiger partial charge is 0.320 e. The number of benzene rings is 1. The summed E-state index contributed by atoms with van der Waals surface area (Å²) in [6.07, 6.45) is 2.64. The number of carboxylic acids is 1. The minimum Gasteiger partial charge on any atom is -0.494 e. The molecule has 21 heavy (non-hydrogen) atoms. The number of aliphatic carboxylic acids is 1. The van der Waals surface area contributed by atoms with Gasteiger partial charge in [-0.2, -0.15) is 0 Å². The molecule has 0 bridgehead atoms. The first-order valence-electron chi connectivity index (χ1n) is 7.58. The Morgan fingerprint density at radius 1 is 1.33 bits per heavy atom. The number of rotatable bonds is 7. The van der Waals surface area contributed by atoms with Crippen molar-refractivity contribution in [2.75, 3.05) is 6.61 Å². The molecule has 1 aromatic rings. The summed E-state index contributed by atoms with van der Waals surface area (Å²) in [5.41, 5.74) is 1.38. The largest absolute Gasteiger partial charge is 0.494 e. The number of carbonyl (C=O) groups is 1. The van der Waals surface area contributed by atoms with Crippen LogP contribution in [0.1, 0.15) is 45.6 Å². The zero-order chi connectivity index (χ0) is 15.5. The van der Waals surface area contributed by atoms with Gasteiger partial charge < -0.3 is 15.2 Å². The number of hydrogen-bond acceptors (Lipinski definition) is 3. The van der Waals surface area contributed by atoms with Gasteiger partial charge in [0, 0.05) is 12.5 Å². The van der Waals surface area contributed by atoms with E-state index in [2.05, 4.69) is 38.2 Å². The second kappa shape index (κ2) is 6.48. The Bertz CT molecular complexity index is 472. The molecule has 1 saturated carbocycles. The van der Waals surface area contributed by atoms with E-state index in [1.807, 2.05) is 12.1 Å². The van der Waals surface area contributed by atoms with Gasteiger partial charge in [0.25, 0.3) is 0 Å². The molecule has 0 radical (unpaired) electrons. The Hall–Kier alpha value is -1.55. The van der Waals surface area contributed by atoms with Gasteiger partial charge in [0.05, 0.1) is 6.61 Å². The van der Waals surface area contributed by atoms with Crippen LogP contribution in [0.2, 0.25) is 0 Å². The molecular formula is C17H25NO3. The highest BCUT2D eigenvalue weighted by Gasteiger charge is 2.28. The third-order valence-corrected chi connectivity index (χ3v) is 3.71. The van der Waals surface area contributed by atoms with Gasteiger partial charge in [0.15, 0.2) is 0 Å². The van der Waals surface area contributed by atoms with Crippen LogP contribution in [0.5, 0.6) is 5.75 Å². The summed E-state index contributed by atoms with van der Waals surface area (Å²) in [7, 11) is 0. The standard InChI is InChI=1S/C17H25NO3/c1-17(2,3)12-4-8-14(9-5-12)21-11-10-15(16(19)20)18-13-6-7-13/h4-5,8-9,13,15,18H,6-7,10-11H2,1-3H3,(H,19,20). The molecule has 0 aromatic heterocycles. The predicted molar refractivity (Wildman–Crippen MR) is 82.8 cm³/mol. The molecule has 1 aromatic carbocycles. The van der Waals surface area contributed by atoms with Crippen LogP contribution >= 0.6 is 0 Å². The Morgan fingerprint density at radius 2 is 1.95 bits per heavy atom. The molecule has 1 atom stereocenters. The number of carboxylic acid groups (broad SMARTS) is 1. The monoisotopic (exact) mass is 291 g/mol. The highest BCUT2D eigenvalue weighted by atomic mass is 16.5. The normalized spacial score (nSPS) is 16.5. The molecule has 0 aliphatic heterocycles. The van der Waals surface area contributed by atoms with E-state index < -0.39 is 12.0 Å². The SMILES string of the molecule is CC(C)(C)c1ccc(OCCC(NC2CC2)C(=O)O)cc1. The van der Waals surface area contributed by atoms with Crippen LogP contribution < -0.4 is 10.1 Å². The van der Waals surface area contributed by atoms with Crippen molar-refractivity contribution >= 4 is 5.97 Å². The van der Waals surface area contributed by atoms with Crippen molar-refractivity contribution in [1.82, 2.24) is 5.32 Å². The van der Waals surface area contributed by atoms with E-state index in [-0.39, 0.29) is 5.41 Å². The maximum Gasteiger partial charge on any atom is 0.320 e. The van der Waals surface area contributed by atoms with E-state index in [9.17, 15) is 4.79 Å². The predicted octanol–water partition coefficient (Wildman–Crippen LogP) is 2.96. The Kier molecular flexibility index (Phi) is 4.88. The molecule has 2 rings (SSSR count). The van der Waals surface area contributed by atoms with E-state index in [0.717, 1.165) is 18.6 Å². The number of nitrogens with one attached hydrogen (secondary N) is 1. The lowest BCUT2D eigenvalue weighted by Gasteiger charge is -2.19. The average Bonchev–Trinajstić information content (AvgIpc) is 3.21. The average molecular weight is 291 g/mol. The van der Waals surface area contributed by atoms with E-state index >= 15 is 0 Å². The summed E-state index contributed by atoms with van der Waals surface area (Å²) in [5, 5.41) is 12.3. The summed E-state index contributed by atoms with van der Waals surface area (Å²) in [6.45, 7) is 6.92. The van der Waals surface area contributed by atoms with Crippen LogP contribution in [-0.2, 0) is 10.2 Å². The first kappa shape index (κ1) is 15.8. The zero-order valence-electron chi connectivity index (χ0n) is 13.1. The molecule has 0 amide bonds. The minimum absolute atomic E-state index is 0.126. The Balaban J connectivity index is 1.80. The number of hydrogen-bond donors (Lipinski definition) is 2.